The maximum atomic E-state index is 5.09. The summed E-state index contributed by atoms with van der Waals surface area (Å²) in [7, 11) is 1.68. The molecule has 0 saturated heterocycles. The first-order valence-electron chi connectivity index (χ1n) is 5.88. The van der Waals surface area contributed by atoms with Crippen molar-refractivity contribution in [3.8, 4) is 0 Å². The summed E-state index contributed by atoms with van der Waals surface area (Å²) in [5.74, 6) is 1.62. The molecule has 0 bridgehead atoms. The van der Waals surface area contributed by atoms with Gasteiger partial charge in [-0.25, -0.2) is 4.98 Å². The Balaban J connectivity index is 2.03. The van der Waals surface area contributed by atoms with E-state index in [1.807, 2.05) is 30.7 Å². The van der Waals surface area contributed by atoms with Gasteiger partial charge >= 0.3 is 0 Å². The number of aryl methyl sites for hydroxylation is 1. The second kappa shape index (κ2) is 5.68. The highest BCUT2D eigenvalue weighted by Crippen LogP contribution is 2.10. The summed E-state index contributed by atoms with van der Waals surface area (Å²) in [6, 6.07) is 2.12. The van der Waals surface area contributed by atoms with Crippen LogP contribution in [-0.2, 0) is 11.3 Å². The molecule has 6 nitrogen and oxygen atoms in total. The van der Waals surface area contributed by atoms with Crippen LogP contribution in [0.1, 0.15) is 18.4 Å². The number of imidazole rings is 1. The molecule has 1 unspecified atom stereocenters. The van der Waals surface area contributed by atoms with E-state index in [1.165, 1.54) is 0 Å². The van der Waals surface area contributed by atoms with E-state index >= 15 is 0 Å². The highest BCUT2D eigenvalue weighted by Gasteiger charge is 2.09. The first-order valence-corrected chi connectivity index (χ1v) is 5.88. The summed E-state index contributed by atoms with van der Waals surface area (Å²) in [6.45, 7) is 5.20. The van der Waals surface area contributed by atoms with Crippen molar-refractivity contribution in [2.75, 3.05) is 19.0 Å². The third-order valence-electron chi connectivity index (χ3n) is 2.52. The van der Waals surface area contributed by atoms with E-state index in [1.54, 1.807) is 13.3 Å². The van der Waals surface area contributed by atoms with Crippen LogP contribution in [0.4, 0.5) is 5.95 Å². The lowest BCUT2D eigenvalue weighted by molar-refractivity contribution is 0.190. The van der Waals surface area contributed by atoms with E-state index < -0.39 is 0 Å². The van der Waals surface area contributed by atoms with E-state index in [2.05, 4.69) is 15.5 Å². The Labute approximate surface area is 106 Å². The number of ether oxygens (including phenoxy) is 1. The Morgan fingerprint density at radius 2 is 2.39 bits per heavy atom. The number of hydrogen-bond acceptors (Lipinski definition) is 5. The second-order valence-corrected chi connectivity index (χ2v) is 4.31. The quantitative estimate of drug-likeness (QED) is 0.845. The van der Waals surface area contributed by atoms with Crippen LogP contribution < -0.4 is 5.32 Å². The van der Waals surface area contributed by atoms with Crippen molar-refractivity contribution in [3.63, 3.8) is 0 Å². The van der Waals surface area contributed by atoms with Gasteiger partial charge < -0.3 is 19.1 Å². The molecule has 0 aliphatic rings. The van der Waals surface area contributed by atoms with Crippen LogP contribution >= 0.6 is 0 Å². The van der Waals surface area contributed by atoms with E-state index in [9.17, 15) is 0 Å². The summed E-state index contributed by atoms with van der Waals surface area (Å²) in [5, 5.41) is 7.26. The summed E-state index contributed by atoms with van der Waals surface area (Å²) in [5.41, 5.74) is 0.882. The normalized spacial score (nSPS) is 12.6. The standard InChI is InChI=1S/C12H18N4O2/c1-9(8-17-3)14-12-13-4-5-16(12)7-11-6-10(2)18-15-11/h4-6,9H,7-8H2,1-3H3,(H,13,14). The van der Waals surface area contributed by atoms with E-state index in [0.717, 1.165) is 17.4 Å². The molecule has 2 rings (SSSR count). The van der Waals surface area contributed by atoms with Gasteiger partial charge in [-0.15, -0.1) is 0 Å². The zero-order valence-electron chi connectivity index (χ0n) is 10.9. The first-order chi connectivity index (χ1) is 8.69. The Morgan fingerprint density at radius 3 is 3.06 bits per heavy atom. The molecule has 1 atom stereocenters. The maximum Gasteiger partial charge on any atom is 0.203 e. The average Bonchev–Trinajstić information content (AvgIpc) is 2.90. The van der Waals surface area contributed by atoms with E-state index in [0.29, 0.717) is 13.2 Å². The van der Waals surface area contributed by atoms with E-state index in [-0.39, 0.29) is 6.04 Å². The molecule has 18 heavy (non-hydrogen) atoms. The molecule has 0 spiro atoms. The van der Waals surface area contributed by atoms with Crippen molar-refractivity contribution in [3.05, 3.63) is 29.9 Å². The molecular formula is C12H18N4O2. The largest absolute Gasteiger partial charge is 0.383 e. The Morgan fingerprint density at radius 1 is 1.56 bits per heavy atom. The minimum atomic E-state index is 0.204. The van der Waals surface area contributed by atoms with Crippen LogP contribution in [0.3, 0.4) is 0 Å². The van der Waals surface area contributed by atoms with Gasteiger partial charge in [0.2, 0.25) is 5.95 Å². The minimum Gasteiger partial charge on any atom is -0.383 e. The fraction of sp³-hybridized carbons (Fsp3) is 0.500. The molecule has 2 aromatic rings. The van der Waals surface area contributed by atoms with Crippen molar-refractivity contribution in [2.45, 2.75) is 26.4 Å². The van der Waals surface area contributed by atoms with Gasteiger partial charge in [0.1, 0.15) is 11.5 Å². The Hall–Kier alpha value is -1.82. The van der Waals surface area contributed by atoms with Crippen LogP contribution in [0.25, 0.3) is 0 Å². The van der Waals surface area contributed by atoms with E-state index in [4.69, 9.17) is 9.26 Å². The fourth-order valence-corrected chi connectivity index (χ4v) is 1.76. The molecule has 0 aliphatic heterocycles. The third-order valence-corrected chi connectivity index (χ3v) is 2.52. The third kappa shape index (κ3) is 3.10. The zero-order chi connectivity index (χ0) is 13.0. The summed E-state index contributed by atoms with van der Waals surface area (Å²) in [6.07, 6.45) is 3.67. The number of rotatable bonds is 6. The Kier molecular flexibility index (Phi) is 3.99. The lowest BCUT2D eigenvalue weighted by Gasteiger charge is -2.14. The number of nitrogens with one attached hydrogen (secondary N) is 1. The molecule has 6 heteroatoms. The van der Waals surface area contributed by atoms with Gasteiger partial charge in [0.05, 0.1) is 13.2 Å². The number of hydrogen-bond donors (Lipinski definition) is 1. The van der Waals surface area contributed by atoms with Crippen LogP contribution in [0.5, 0.6) is 0 Å². The molecule has 2 aromatic heterocycles. The molecule has 0 fully saturated rings. The van der Waals surface area contributed by atoms with Gasteiger partial charge in [0.25, 0.3) is 0 Å². The van der Waals surface area contributed by atoms with Crippen LogP contribution in [0.15, 0.2) is 23.0 Å². The predicted molar refractivity (Wildman–Crippen MR) is 67.5 cm³/mol. The molecule has 0 aliphatic carbocycles. The van der Waals surface area contributed by atoms with Crippen molar-refractivity contribution in [1.29, 1.82) is 0 Å². The van der Waals surface area contributed by atoms with Crippen molar-refractivity contribution in [1.82, 2.24) is 14.7 Å². The van der Waals surface area contributed by atoms with Gasteiger partial charge in [-0.05, 0) is 13.8 Å². The van der Waals surface area contributed by atoms with Gasteiger partial charge in [-0.3, -0.25) is 0 Å². The summed E-state index contributed by atoms with van der Waals surface area (Å²) < 4.78 is 12.1. The molecule has 2 heterocycles. The monoisotopic (exact) mass is 250 g/mol. The fourth-order valence-electron chi connectivity index (χ4n) is 1.76. The molecule has 1 N–H and O–H groups in total. The smallest absolute Gasteiger partial charge is 0.203 e. The number of aromatic nitrogens is 3. The second-order valence-electron chi connectivity index (χ2n) is 4.31. The highest BCUT2D eigenvalue weighted by atomic mass is 16.5. The molecule has 0 saturated carbocycles. The zero-order valence-corrected chi connectivity index (χ0v) is 10.9. The van der Waals surface area contributed by atoms with Crippen LogP contribution in [0.2, 0.25) is 0 Å². The number of anilines is 1. The summed E-state index contributed by atoms with van der Waals surface area (Å²) >= 11 is 0. The molecule has 0 radical (unpaired) electrons. The lowest BCUT2D eigenvalue weighted by atomic mass is 10.3. The highest BCUT2D eigenvalue weighted by molar-refractivity contribution is 5.28. The summed E-state index contributed by atoms with van der Waals surface area (Å²) in [4.78, 5) is 4.28. The maximum absolute atomic E-state index is 5.09. The lowest BCUT2D eigenvalue weighted by Crippen LogP contribution is -2.23. The van der Waals surface area contributed by atoms with Gasteiger partial charge in [0, 0.05) is 31.6 Å². The van der Waals surface area contributed by atoms with Gasteiger partial charge in [-0.2, -0.15) is 0 Å². The van der Waals surface area contributed by atoms with Crippen molar-refractivity contribution < 1.29 is 9.26 Å². The van der Waals surface area contributed by atoms with Gasteiger partial charge in [-0.1, -0.05) is 5.16 Å². The van der Waals surface area contributed by atoms with Crippen LogP contribution in [0, 0.1) is 6.92 Å². The van der Waals surface area contributed by atoms with Crippen molar-refractivity contribution in [2.24, 2.45) is 0 Å². The molecule has 0 amide bonds. The number of nitrogens with zero attached hydrogens (tertiary/aromatic N) is 3. The van der Waals surface area contributed by atoms with Crippen LogP contribution in [-0.4, -0.2) is 34.5 Å². The first kappa shape index (κ1) is 12.6. The topological polar surface area (TPSA) is 65.1 Å². The Bertz CT molecular complexity index is 492. The van der Waals surface area contributed by atoms with Crippen molar-refractivity contribution >= 4 is 5.95 Å². The minimum absolute atomic E-state index is 0.204. The molecular weight excluding hydrogens is 232 g/mol. The molecule has 0 aromatic carbocycles. The predicted octanol–water partition coefficient (Wildman–Crippen LogP) is 1.67. The average molecular weight is 250 g/mol. The number of methoxy groups -OCH3 is 1. The SMILES string of the molecule is COCC(C)Nc1nccn1Cc1cc(C)on1. The van der Waals surface area contributed by atoms with Gasteiger partial charge in [0.15, 0.2) is 0 Å². The molecule has 98 valence electrons.